The third kappa shape index (κ3) is 3.17. The molecule has 0 spiro atoms. The molecule has 0 aromatic rings. The van der Waals surface area contributed by atoms with Gasteiger partial charge in [0.1, 0.15) is 0 Å². The number of hydrogen-bond acceptors (Lipinski definition) is 1. The van der Waals surface area contributed by atoms with Gasteiger partial charge in [0.15, 0.2) is 0 Å². The van der Waals surface area contributed by atoms with Crippen molar-refractivity contribution in [2.45, 2.75) is 59.3 Å². The van der Waals surface area contributed by atoms with Crippen LogP contribution in [0.4, 0.5) is 0 Å². The fourth-order valence-electron chi connectivity index (χ4n) is 3.92. The van der Waals surface area contributed by atoms with Gasteiger partial charge in [0.2, 0.25) is 0 Å². The van der Waals surface area contributed by atoms with E-state index in [1.807, 2.05) is 13.8 Å². The Morgan fingerprint density at radius 1 is 1.11 bits per heavy atom. The summed E-state index contributed by atoms with van der Waals surface area (Å²) in [5.41, 5.74) is 1.79. The third-order valence-corrected chi connectivity index (χ3v) is 4.97. The van der Waals surface area contributed by atoms with E-state index in [0.717, 1.165) is 36.9 Å². The second-order valence-electron chi connectivity index (χ2n) is 6.25. The van der Waals surface area contributed by atoms with Crippen molar-refractivity contribution in [1.29, 1.82) is 0 Å². The molecule has 104 valence electrons. The summed E-state index contributed by atoms with van der Waals surface area (Å²) in [6.45, 7) is 8.48. The van der Waals surface area contributed by atoms with E-state index in [0.29, 0.717) is 0 Å². The summed E-state index contributed by atoms with van der Waals surface area (Å²) in [7, 11) is 0. The zero-order valence-electron chi connectivity index (χ0n) is 12.5. The lowest BCUT2D eigenvalue weighted by atomic mass is 9.72. The van der Waals surface area contributed by atoms with E-state index in [1.54, 1.807) is 5.57 Å². The van der Waals surface area contributed by atoms with Crippen LogP contribution in [0.15, 0.2) is 11.6 Å². The van der Waals surface area contributed by atoms with Crippen LogP contribution in [-0.2, 0) is 4.74 Å². The van der Waals surface area contributed by atoms with Crippen LogP contribution in [0.3, 0.4) is 0 Å². The van der Waals surface area contributed by atoms with E-state index in [9.17, 15) is 0 Å². The molecule has 18 heavy (non-hydrogen) atoms. The van der Waals surface area contributed by atoms with Crippen molar-refractivity contribution in [3.05, 3.63) is 11.6 Å². The van der Waals surface area contributed by atoms with Crippen LogP contribution in [-0.4, -0.2) is 13.2 Å². The third-order valence-electron chi connectivity index (χ3n) is 4.97. The summed E-state index contributed by atoms with van der Waals surface area (Å²) >= 11 is 0. The quantitative estimate of drug-likeness (QED) is 0.606. The first-order valence-corrected chi connectivity index (χ1v) is 8.09. The van der Waals surface area contributed by atoms with Gasteiger partial charge in [-0.2, -0.15) is 0 Å². The van der Waals surface area contributed by atoms with Crippen LogP contribution >= 0.6 is 0 Å². The van der Waals surface area contributed by atoms with Gasteiger partial charge in [0.05, 0.1) is 13.2 Å². The fraction of sp³-hybridized carbons (Fsp3) is 0.882. The SMILES string of the molecule is CC.CC1CCCC(C2=CC[C@H]3COC[C@H]3C2)C1. The second-order valence-corrected chi connectivity index (χ2v) is 6.25. The van der Waals surface area contributed by atoms with Crippen molar-refractivity contribution in [2.75, 3.05) is 13.2 Å². The number of rotatable bonds is 1. The van der Waals surface area contributed by atoms with Gasteiger partial charge >= 0.3 is 0 Å². The smallest absolute Gasteiger partial charge is 0.0501 e. The molecule has 1 nitrogen and oxygen atoms in total. The van der Waals surface area contributed by atoms with E-state index in [-0.39, 0.29) is 0 Å². The lowest BCUT2D eigenvalue weighted by molar-refractivity contribution is 0.181. The highest BCUT2D eigenvalue weighted by atomic mass is 16.5. The second kappa shape index (κ2) is 6.75. The zero-order valence-corrected chi connectivity index (χ0v) is 12.5. The Bertz CT molecular complexity index is 281. The largest absolute Gasteiger partial charge is 0.381 e. The fourth-order valence-corrected chi connectivity index (χ4v) is 3.92. The molecule has 0 radical (unpaired) electrons. The Balaban J connectivity index is 0.000000574. The molecule has 2 unspecified atom stereocenters. The monoisotopic (exact) mass is 250 g/mol. The molecule has 2 fully saturated rings. The van der Waals surface area contributed by atoms with Crippen LogP contribution < -0.4 is 0 Å². The van der Waals surface area contributed by atoms with E-state index < -0.39 is 0 Å². The van der Waals surface area contributed by atoms with Gasteiger partial charge in [-0.1, -0.05) is 45.3 Å². The molecule has 0 bridgehead atoms. The normalized spacial score (nSPS) is 39.4. The lowest BCUT2D eigenvalue weighted by Gasteiger charge is -2.33. The molecule has 4 atom stereocenters. The first kappa shape index (κ1) is 14.1. The van der Waals surface area contributed by atoms with Crippen LogP contribution in [0.5, 0.6) is 0 Å². The van der Waals surface area contributed by atoms with Crippen molar-refractivity contribution < 1.29 is 4.74 Å². The molecule has 1 heterocycles. The van der Waals surface area contributed by atoms with Gasteiger partial charge in [-0.25, -0.2) is 0 Å². The van der Waals surface area contributed by atoms with Crippen LogP contribution in [0.2, 0.25) is 0 Å². The molecule has 0 N–H and O–H groups in total. The summed E-state index contributed by atoms with van der Waals surface area (Å²) < 4.78 is 5.61. The summed E-state index contributed by atoms with van der Waals surface area (Å²) in [6.07, 6.45) is 11.0. The summed E-state index contributed by atoms with van der Waals surface area (Å²) in [5, 5.41) is 0. The average molecular weight is 250 g/mol. The molecule has 2 aliphatic carbocycles. The van der Waals surface area contributed by atoms with Crippen molar-refractivity contribution >= 4 is 0 Å². The average Bonchev–Trinajstić information content (AvgIpc) is 2.88. The predicted molar refractivity (Wildman–Crippen MR) is 77.6 cm³/mol. The van der Waals surface area contributed by atoms with Crippen LogP contribution in [0.25, 0.3) is 0 Å². The number of hydrogen-bond donors (Lipinski definition) is 0. The Kier molecular flexibility index (Phi) is 5.29. The van der Waals surface area contributed by atoms with Gasteiger partial charge in [-0.15, -0.1) is 0 Å². The molecule has 1 heteroatoms. The molecule has 1 saturated carbocycles. The molecule has 1 aliphatic heterocycles. The van der Waals surface area contributed by atoms with Crippen molar-refractivity contribution in [3.8, 4) is 0 Å². The minimum absolute atomic E-state index is 0.852. The highest BCUT2D eigenvalue weighted by molar-refractivity contribution is 5.14. The number of allylic oxidation sites excluding steroid dienone is 2. The van der Waals surface area contributed by atoms with E-state index in [1.165, 1.54) is 38.5 Å². The Labute approximate surface area is 113 Å². The van der Waals surface area contributed by atoms with Crippen molar-refractivity contribution in [2.24, 2.45) is 23.7 Å². The molecule has 0 aromatic heterocycles. The molecule has 0 aromatic carbocycles. The summed E-state index contributed by atoms with van der Waals surface area (Å²) in [4.78, 5) is 0. The van der Waals surface area contributed by atoms with Gasteiger partial charge in [-0.05, 0) is 49.4 Å². The molecule has 3 rings (SSSR count). The summed E-state index contributed by atoms with van der Waals surface area (Å²) in [6, 6.07) is 0. The van der Waals surface area contributed by atoms with Crippen LogP contribution in [0.1, 0.15) is 59.3 Å². The van der Waals surface area contributed by atoms with E-state index in [4.69, 9.17) is 4.74 Å². The minimum Gasteiger partial charge on any atom is -0.381 e. The number of ether oxygens (including phenoxy) is 1. The van der Waals surface area contributed by atoms with Crippen molar-refractivity contribution in [1.82, 2.24) is 0 Å². The summed E-state index contributed by atoms with van der Waals surface area (Å²) in [5.74, 6) is 3.59. The Morgan fingerprint density at radius 3 is 2.67 bits per heavy atom. The van der Waals surface area contributed by atoms with Gasteiger partial charge in [-0.3, -0.25) is 0 Å². The highest BCUT2D eigenvalue weighted by Crippen LogP contribution is 2.42. The maximum atomic E-state index is 5.61. The Morgan fingerprint density at radius 2 is 1.89 bits per heavy atom. The standard InChI is InChI=1S/C15H24O.C2H6/c1-11-3-2-4-12(7-11)13-5-6-14-9-16-10-15(14)8-13;1-2/h5,11-12,14-15H,2-4,6-10H2,1H3;1-2H3/t11?,12?,14-,15+;/m0./s1. The molecular weight excluding hydrogens is 220 g/mol. The molecule has 0 amide bonds. The molecule has 1 saturated heterocycles. The maximum absolute atomic E-state index is 5.61. The first-order chi connectivity index (χ1) is 8.83. The van der Waals surface area contributed by atoms with Crippen molar-refractivity contribution in [3.63, 3.8) is 0 Å². The maximum Gasteiger partial charge on any atom is 0.0501 e. The van der Waals surface area contributed by atoms with Crippen LogP contribution in [0, 0.1) is 23.7 Å². The lowest BCUT2D eigenvalue weighted by Crippen LogP contribution is -2.23. The first-order valence-electron chi connectivity index (χ1n) is 8.09. The highest BCUT2D eigenvalue weighted by Gasteiger charge is 2.33. The molecular formula is C17H30O. The van der Waals surface area contributed by atoms with E-state index in [2.05, 4.69) is 13.0 Å². The Hall–Kier alpha value is -0.300. The van der Waals surface area contributed by atoms with Gasteiger partial charge < -0.3 is 4.74 Å². The predicted octanol–water partition coefficient (Wildman–Crippen LogP) is 4.82. The minimum atomic E-state index is 0.852. The van der Waals surface area contributed by atoms with Gasteiger partial charge in [0, 0.05) is 0 Å². The zero-order chi connectivity index (χ0) is 13.0. The molecule has 3 aliphatic rings. The topological polar surface area (TPSA) is 9.23 Å². The van der Waals surface area contributed by atoms with E-state index >= 15 is 0 Å². The number of fused-ring (bicyclic) bond motifs is 1. The van der Waals surface area contributed by atoms with Gasteiger partial charge in [0.25, 0.3) is 0 Å².